The van der Waals surface area contributed by atoms with Gasteiger partial charge in [-0.25, -0.2) is 0 Å². The van der Waals surface area contributed by atoms with Crippen molar-refractivity contribution in [2.75, 3.05) is 30.4 Å². The number of amides is 1. The maximum Gasteiger partial charge on any atom is 0.257 e. The highest BCUT2D eigenvalue weighted by molar-refractivity contribution is 7.80. The lowest BCUT2D eigenvalue weighted by atomic mass is 10.2. The number of para-hydroxylation sites is 2. The van der Waals surface area contributed by atoms with E-state index < -0.39 is 0 Å². The number of methoxy groups -OCH3 is 1. The van der Waals surface area contributed by atoms with E-state index in [0.29, 0.717) is 11.3 Å². The number of carbonyl (C=O) groups excluding carboxylic acids is 1. The van der Waals surface area contributed by atoms with Crippen molar-refractivity contribution < 1.29 is 9.53 Å². The number of hydrogen-bond acceptors (Lipinski definition) is 4. The second kappa shape index (κ2) is 7.98. The van der Waals surface area contributed by atoms with Crippen molar-refractivity contribution in [3.8, 4) is 5.75 Å². The summed E-state index contributed by atoms with van der Waals surface area (Å²) in [4.78, 5) is 14.6. The number of ether oxygens (including phenoxy) is 1. The number of thiocarbonyl (C=S) groups is 1. The third kappa shape index (κ3) is 4.28. The molecule has 1 aliphatic rings. The van der Waals surface area contributed by atoms with Crippen molar-refractivity contribution >= 4 is 34.6 Å². The zero-order chi connectivity index (χ0) is 17.6. The first-order valence-electron chi connectivity index (χ1n) is 8.28. The van der Waals surface area contributed by atoms with Crippen LogP contribution in [0.1, 0.15) is 23.2 Å². The molecule has 2 N–H and O–H groups in total. The molecular formula is C19H21N3O2S. The minimum Gasteiger partial charge on any atom is -0.497 e. The first kappa shape index (κ1) is 17.2. The summed E-state index contributed by atoms with van der Waals surface area (Å²) in [7, 11) is 1.59. The average molecular weight is 355 g/mol. The molecule has 0 radical (unpaired) electrons. The Morgan fingerprint density at radius 2 is 1.76 bits per heavy atom. The van der Waals surface area contributed by atoms with Crippen LogP contribution in [-0.4, -0.2) is 31.2 Å². The van der Waals surface area contributed by atoms with Gasteiger partial charge in [-0.1, -0.05) is 12.1 Å². The normalized spacial score (nSPS) is 13.4. The largest absolute Gasteiger partial charge is 0.497 e. The Morgan fingerprint density at radius 1 is 1.08 bits per heavy atom. The molecule has 1 saturated heterocycles. The fraction of sp³-hybridized carbons (Fsp3) is 0.263. The Bertz CT molecular complexity index is 756. The van der Waals surface area contributed by atoms with Gasteiger partial charge in [-0.3, -0.25) is 10.1 Å². The maximum absolute atomic E-state index is 12.3. The summed E-state index contributed by atoms with van der Waals surface area (Å²) in [6.07, 6.45) is 2.40. The van der Waals surface area contributed by atoms with E-state index in [9.17, 15) is 4.79 Å². The standard InChI is InChI=1S/C19H21N3O2S/c1-24-15-10-8-14(9-11-15)18(23)21-19(25)20-16-6-2-3-7-17(16)22-12-4-5-13-22/h2-3,6-11H,4-5,12-13H2,1H3,(H2,20,21,23,25). The Hall–Kier alpha value is -2.60. The van der Waals surface area contributed by atoms with Gasteiger partial charge in [0.2, 0.25) is 0 Å². The predicted octanol–water partition coefficient (Wildman–Crippen LogP) is 3.42. The van der Waals surface area contributed by atoms with E-state index in [1.54, 1.807) is 31.4 Å². The topological polar surface area (TPSA) is 53.6 Å². The summed E-state index contributed by atoms with van der Waals surface area (Å²) in [5, 5.41) is 6.15. The summed E-state index contributed by atoms with van der Waals surface area (Å²) in [6, 6.07) is 14.9. The molecule has 0 aliphatic carbocycles. The summed E-state index contributed by atoms with van der Waals surface area (Å²) in [5.41, 5.74) is 2.54. The van der Waals surface area contributed by atoms with Gasteiger partial charge in [0.05, 0.1) is 18.5 Å². The molecular weight excluding hydrogens is 334 g/mol. The van der Waals surface area contributed by atoms with Crippen LogP contribution >= 0.6 is 12.2 Å². The van der Waals surface area contributed by atoms with E-state index in [1.807, 2.05) is 18.2 Å². The SMILES string of the molecule is COc1ccc(C(=O)NC(=S)Nc2ccccc2N2CCCC2)cc1. The van der Waals surface area contributed by atoms with Crippen LogP contribution in [0.15, 0.2) is 48.5 Å². The van der Waals surface area contributed by atoms with Crippen LogP contribution in [0, 0.1) is 0 Å². The number of hydrogen-bond donors (Lipinski definition) is 2. The number of rotatable bonds is 4. The lowest BCUT2D eigenvalue weighted by Crippen LogP contribution is -2.34. The molecule has 0 atom stereocenters. The summed E-state index contributed by atoms with van der Waals surface area (Å²) in [5.74, 6) is 0.454. The van der Waals surface area contributed by atoms with E-state index in [0.717, 1.165) is 24.5 Å². The van der Waals surface area contributed by atoms with Gasteiger partial charge in [0.25, 0.3) is 5.91 Å². The van der Waals surface area contributed by atoms with Gasteiger partial charge in [0, 0.05) is 18.7 Å². The minimum absolute atomic E-state index is 0.251. The lowest BCUT2D eigenvalue weighted by molar-refractivity contribution is 0.0977. The van der Waals surface area contributed by atoms with Gasteiger partial charge >= 0.3 is 0 Å². The number of nitrogens with zero attached hydrogens (tertiary/aromatic N) is 1. The highest BCUT2D eigenvalue weighted by Gasteiger charge is 2.16. The second-order valence-corrected chi connectivity index (χ2v) is 6.26. The summed E-state index contributed by atoms with van der Waals surface area (Å²) < 4.78 is 5.10. The van der Waals surface area contributed by atoms with Gasteiger partial charge in [-0.05, 0) is 61.5 Å². The predicted molar refractivity (Wildman–Crippen MR) is 105 cm³/mol. The molecule has 1 aliphatic heterocycles. The average Bonchev–Trinajstić information content (AvgIpc) is 3.16. The monoisotopic (exact) mass is 355 g/mol. The van der Waals surface area contributed by atoms with E-state index in [4.69, 9.17) is 17.0 Å². The van der Waals surface area contributed by atoms with Crippen molar-refractivity contribution in [2.45, 2.75) is 12.8 Å². The maximum atomic E-state index is 12.3. The molecule has 0 bridgehead atoms. The molecule has 130 valence electrons. The van der Waals surface area contributed by atoms with Crippen LogP contribution in [-0.2, 0) is 0 Å². The Kier molecular flexibility index (Phi) is 5.50. The third-order valence-electron chi connectivity index (χ3n) is 4.18. The van der Waals surface area contributed by atoms with Crippen molar-refractivity contribution in [3.05, 3.63) is 54.1 Å². The van der Waals surface area contributed by atoms with Gasteiger partial charge < -0.3 is 15.0 Å². The molecule has 0 aromatic heterocycles. The van der Waals surface area contributed by atoms with E-state index in [-0.39, 0.29) is 11.0 Å². The van der Waals surface area contributed by atoms with Crippen LogP contribution in [0.2, 0.25) is 0 Å². The van der Waals surface area contributed by atoms with Crippen LogP contribution < -0.4 is 20.3 Å². The Balaban J connectivity index is 1.65. The fourth-order valence-electron chi connectivity index (χ4n) is 2.88. The zero-order valence-electron chi connectivity index (χ0n) is 14.1. The fourth-order valence-corrected chi connectivity index (χ4v) is 3.09. The number of nitrogens with one attached hydrogen (secondary N) is 2. The van der Waals surface area contributed by atoms with Crippen molar-refractivity contribution in [1.29, 1.82) is 0 Å². The second-order valence-electron chi connectivity index (χ2n) is 5.85. The van der Waals surface area contributed by atoms with Crippen LogP contribution in [0.5, 0.6) is 5.75 Å². The first-order chi connectivity index (χ1) is 12.2. The summed E-state index contributed by atoms with van der Waals surface area (Å²) >= 11 is 5.31. The molecule has 1 fully saturated rings. The van der Waals surface area contributed by atoms with Gasteiger partial charge in [0.1, 0.15) is 5.75 Å². The third-order valence-corrected chi connectivity index (χ3v) is 4.38. The van der Waals surface area contributed by atoms with Crippen LogP contribution in [0.4, 0.5) is 11.4 Å². The van der Waals surface area contributed by atoms with E-state index >= 15 is 0 Å². The smallest absolute Gasteiger partial charge is 0.257 e. The zero-order valence-corrected chi connectivity index (χ0v) is 14.9. The quantitative estimate of drug-likeness (QED) is 0.823. The molecule has 1 amide bonds. The lowest BCUT2D eigenvalue weighted by Gasteiger charge is -2.22. The highest BCUT2D eigenvalue weighted by atomic mass is 32.1. The minimum atomic E-state index is -0.251. The molecule has 6 heteroatoms. The summed E-state index contributed by atoms with van der Waals surface area (Å²) in [6.45, 7) is 2.09. The molecule has 2 aromatic carbocycles. The first-order valence-corrected chi connectivity index (χ1v) is 8.68. The molecule has 3 rings (SSSR count). The number of carbonyl (C=O) groups is 1. The van der Waals surface area contributed by atoms with Gasteiger partial charge in [-0.15, -0.1) is 0 Å². The molecule has 0 saturated carbocycles. The highest BCUT2D eigenvalue weighted by Crippen LogP contribution is 2.28. The van der Waals surface area contributed by atoms with Crippen LogP contribution in [0.25, 0.3) is 0 Å². The van der Waals surface area contributed by atoms with Crippen LogP contribution in [0.3, 0.4) is 0 Å². The number of benzene rings is 2. The molecule has 1 heterocycles. The van der Waals surface area contributed by atoms with Crippen molar-refractivity contribution in [2.24, 2.45) is 0 Å². The molecule has 0 unspecified atom stereocenters. The van der Waals surface area contributed by atoms with Crippen molar-refractivity contribution in [3.63, 3.8) is 0 Å². The van der Waals surface area contributed by atoms with E-state index in [1.165, 1.54) is 12.8 Å². The molecule has 0 spiro atoms. The number of anilines is 2. The van der Waals surface area contributed by atoms with E-state index in [2.05, 4.69) is 21.6 Å². The molecule has 5 nitrogen and oxygen atoms in total. The molecule has 25 heavy (non-hydrogen) atoms. The molecule has 2 aromatic rings. The van der Waals surface area contributed by atoms with Crippen molar-refractivity contribution in [1.82, 2.24) is 5.32 Å². The van der Waals surface area contributed by atoms with Gasteiger partial charge in [0.15, 0.2) is 5.11 Å². The Labute approximate surface area is 153 Å². The van der Waals surface area contributed by atoms with Gasteiger partial charge in [-0.2, -0.15) is 0 Å². The Morgan fingerprint density at radius 3 is 2.44 bits per heavy atom.